The van der Waals surface area contributed by atoms with Crippen LogP contribution in [0.4, 0.5) is 0 Å². The summed E-state index contributed by atoms with van der Waals surface area (Å²) in [7, 11) is 0. The van der Waals surface area contributed by atoms with Crippen molar-refractivity contribution in [1.82, 2.24) is 0 Å². The van der Waals surface area contributed by atoms with Crippen molar-refractivity contribution in [2.75, 3.05) is 0 Å². The van der Waals surface area contributed by atoms with Crippen LogP contribution in [0, 0.1) is 13.8 Å². The van der Waals surface area contributed by atoms with Gasteiger partial charge in [-0.1, -0.05) is 45.8 Å². The van der Waals surface area contributed by atoms with E-state index in [2.05, 4.69) is 65.5 Å². The maximum atomic E-state index is 3.76. The van der Waals surface area contributed by atoms with Crippen LogP contribution in [0.5, 0.6) is 0 Å². The minimum absolute atomic E-state index is 0.332. The van der Waals surface area contributed by atoms with Gasteiger partial charge in [-0.15, -0.1) is 11.3 Å². The van der Waals surface area contributed by atoms with E-state index < -0.39 is 0 Å². The minimum Gasteiger partial charge on any atom is -0.147 e. The maximum absolute atomic E-state index is 3.76. The molecule has 2 aromatic rings. The van der Waals surface area contributed by atoms with Crippen LogP contribution < -0.4 is 0 Å². The van der Waals surface area contributed by atoms with Gasteiger partial charge in [-0.05, 0) is 36.4 Å². The van der Waals surface area contributed by atoms with E-state index in [1.54, 1.807) is 11.3 Å². The molecule has 1 aromatic heterocycles. The summed E-state index contributed by atoms with van der Waals surface area (Å²) in [6.07, 6.45) is 0. The Bertz CT molecular complexity index is 446. The Kier molecular flexibility index (Phi) is 3.27. The zero-order valence-corrected chi connectivity index (χ0v) is 11.2. The van der Waals surface area contributed by atoms with Gasteiger partial charge in [0.25, 0.3) is 0 Å². The normalized spacial score (nSPS) is 12.7. The van der Waals surface area contributed by atoms with Gasteiger partial charge in [0.2, 0.25) is 0 Å². The third-order valence-electron chi connectivity index (χ3n) is 2.49. The van der Waals surface area contributed by atoms with Gasteiger partial charge in [0.15, 0.2) is 0 Å². The third kappa shape index (κ3) is 2.32. The molecule has 0 saturated carbocycles. The molecule has 0 amide bonds. The Labute approximate surface area is 103 Å². The van der Waals surface area contributed by atoms with E-state index in [1.807, 2.05) is 0 Å². The highest BCUT2D eigenvalue weighted by Crippen LogP contribution is 2.35. The van der Waals surface area contributed by atoms with Crippen LogP contribution in [-0.4, -0.2) is 0 Å². The quantitative estimate of drug-likeness (QED) is 0.690. The number of hydrogen-bond acceptors (Lipinski definition) is 1. The smallest absolute Gasteiger partial charge is 0.0740 e. The zero-order chi connectivity index (χ0) is 10.8. The van der Waals surface area contributed by atoms with Crippen LogP contribution >= 0.6 is 27.3 Å². The highest BCUT2D eigenvalue weighted by molar-refractivity contribution is 9.09. The zero-order valence-electron chi connectivity index (χ0n) is 8.83. The van der Waals surface area contributed by atoms with Gasteiger partial charge in [0.1, 0.15) is 0 Å². The lowest BCUT2D eigenvalue weighted by Gasteiger charge is -2.12. The van der Waals surface area contributed by atoms with Crippen molar-refractivity contribution in [3.8, 4) is 0 Å². The topological polar surface area (TPSA) is 0 Å². The summed E-state index contributed by atoms with van der Waals surface area (Å²) >= 11 is 5.55. The molecule has 0 N–H and O–H groups in total. The van der Waals surface area contributed by atoms with Crippen LogP contribution in [0.25, 0.3) is 0 Å². The fourth-order valence-electron chi connectivity index (χ4n) is 1.70. The molecule has 2 heteroatoms. The summed E-state index contributed by atoms with van der Waals surface area (Å²) in [6.45, 7) is 4.30. The van der Waals surface area contributed by atoms with E-state index in [0.717, 1.165) is 0 Å². The number of halogens is 1. The predicted molar refractivity (Wildman–Crippen MR) is 71.0 cm³/mol. The first-order valence-electron chi connectivity index (χ1n) is 4.93. The Morgan fingerprint density at radius 2 is 2.00 bits per heavy atom. The minimum atomic E-state index is 0.332. The molecule has 1 heterocycles. The molecular weight excluding hydrogens is 268 g/mol. The van der Waals surface area contributed by atoms with Crippen molar-refractivity contribution in [1.29, 1.82) is 0 Å². The highest BCUT2D eigenvalue weighted by atomic mass is 79.9. The van der Waals surface area contributed by atoms with E-state index in [9.17, 15) is 0 Å². The molecule has 0 nitrogen and oxygen atoms in total. The van der Waals surface area contributed by atoms with Crippen LogP contribution in [0.1, 0.15) is 26.4 Å². The molecule has 1 unspecified atom stereocenters. The van der Waals surface area contributed by atoms with Crippen molar-refractivity contribution in [2.45, 2.75) is 18.7 Å². The van der Waals surface area contributed by atoms with Gasteiger partial charge < -0.3 is 0 Å². The average Bonchev–Trinajstić information content (AvgIpc) is 2.69. The lowest BCUT2D eigenvalue weighted by molar-refractivity contribution is 1.17. The summed E-state index contributed by atoms with van der Waals surface area (Å²) in [5.41, 5.74) is 4.04. The average molecular weight is 281 g/mol. The lowest BCUT2D eigenvalue weighted by atomic mass is 10.0. The molecule has 2 rings (SSSR count). The van der Waals surface area contributed by atoms with Crippen LogP contribution in [0.15, 0.2) is 35.7 Å². The molecule has 0 aliphatic heterocycles. The summed E-state index contributed by atoms with van der Waals surface area (Å²) in [5, 5.41) is 2.12. The van der Waals surface area contributed by atoms with Crippen molar-refractivity contribution in [3.05, 3.63) is 57.3 Å². The molecule has 15 heavy (non-hydrogen) atoms. The first-order chi connectivity index (χ1) is 7.18. The summed E-state index contributed by atoms with van der Waals surface area (Å²) in [5.74, 6) is 0. The Morgan fingerprint density at radius 1 is 1.20 bits per heavy atom. The lowest BCUT2D eigenvalue weighted by Crippen LogP contribution is -1.93. The molecule has 0 radical (unpaired) electrons. The Morgan fingerprint density at radius 3 is 2.60 bits per heavy atom. The first-order valence-corrected chi connectivity index (χ1v) is 6.72. The molecule has 0 saturated heterocycles. The van der Waals surface area contributed by atoms with Crippen LogP contribution in [0.2, 0.25) is 0 Å². The molecule has 1 atom stereocenters. The van der Waals surface area contributed by atoms with E-state index in [1.165, 1.54) is 21.6 Å². The Balaban J connectivity index is 2.38. The second-order valence-electron chi connectivity index (χ2n) is 3.74. The molecule has 0 spiro atoms. The van der Waals surface area contributed by atoms with Crippen molar-refractivity contribution < 1.29 is 0 Å². The Hall–Kier alpha value is -0.600. The summed E-state index contributed by atoms with van der Waals surface area (Å²) in [4.78, 5) is 1.69. The number of alkyl halides is 1. The molecular formula is C13H13BrS. The molecule has 0 aliphatic carbocycles. The van der Waals surface area contributed by atoms with Crippen molar-refractivity contribution >= 4 is 27.3 Å². The number of aryl methyl sites for hydroxylation is 2. The second-order valence-corrected chi connectivity index (χ2v) is 5.63. The molecule has 1 aromatic carbocycles. The predicted octanol–water partition coefficient (Wildman–Crippen LogP) is 4.85. The van der Waals surface area contributed by atoms with Gasteiger partial charge in [0, 0.05) is 4.88 Å². The summed E-state index contributed by atoms with van der Waals surface area (Å²) < 4.78 is 0. The van der Waals surface area contributed by atoms with Gasteiger partial charge in [0.05, 0.1) is 4.83 Å². The fraction of sp³-hybridized carbons (Fsp3) is 0.231. The number of hydrogen-bond donors (Lipinski definition) is 0. The second kappa shape index (κ2) is 4.50. The highest BCUT2D eigenvalue weighted by Gasteiger charge is 2.13. The van der Waals surface area contributed by atoms with Crippen molar-refractivity contribution in [3.63, 3.8) is 0 Å². The van der Waals surface area contributed by atoms with Gasteiger partial charge in [-0.3, -0.25) is 0 Å². The monoisotopic (exact) mass is 280 g/mol. The molecule has 0 aliphatic rings. The van der Waals surface area contributed by atoms with E-state index >= 15 is 0 Å². The van der Waals surface area contributed by atoms with Gasteiger partial charge >= 0.3 is 0 Å². The van der Waals surface area contributed by atoms with E-state index in [4.69, 9.17) is 0 Å². The number of rotatable bonds is 2. The third-order valence-corrected chi connectivity index (χ3v) is 4.72. The number of benzene rings is 1. The van der Waals surface area contributed by atoms with Gasteiger partial charge in [-0.25, -0.2) is 0 Å². The van der Waals surface area contributed by atoms with E-state index in [-0.39, 0.29) is 0 Å². The fourth-order valence-corrected chi connectivity index (χ4v) is 3.41. The van der Waals surface area contributed by atoms with Crippen LogP contribution in [-0.2, 0) is 0 Å². The van der Waals surface area contributed by atoms with Gasteiger partial charge in [-0.2, -0.15) is 0 Å². The van der Waals surface area contributed by atoms with E-state index in [0.29, 0.717) is 4.83 Å². The molecule has 78 valence electrons. The standard InChI is InChI=1S/C13H13BrS/c1-9-5-6-11(10(2)8-9)13(14)12-4-3-7-15-12/h3-8,13H,1-2H3. The molecule has 0 bridgehead atoms. The van der Waals surface area contributed by atoms with Crippen LogP contribution in [0.3, 0.4) is 0 Å². The number of thiophene rings is 1. The first kappa shape index (κ1) is 10.9. The summed E-state index contributed by atoms with van der Waals surface area (Å²) in [6, 6.07) is 10.9. The van der Waals surface area contributed by atoms with Crippen molar-refractivity contribution in [2.24, 2.45) is 0 Å². The maximum Gasteiger partial charge on any atom is 0.0740 e. The largest absolute Gasteiger partial charge is 0.147 e. The SMILES string of the molecule is Cc1ccc(C(Br)c2cccs2)c(C)c1. The molecule has 0 fully saturated rings.